The number of benzene rings is 2. The average molecular weight is 373 g/mol. The van der Waals surface area contributed by atoms with Crippen molar-refractivity contribution >= 4 is 5.91 Å². The third-order valence-electron chi connectivity index (χ3n) is 4.24. The number of hydrogen-bond acceptors (Lipinski definition) is 3. The molecular weight excluding hydrogens is 350 g/mol. The molecule has 0 spiro atoms. The lowest BCUT2D eigenvalue weighted by Crippen LogP contribution is -2.24. The van der Waals surface area contributed by atoms with Crippen LogP contribution in [-0.4, -0.2) is 33.7 Å². The zero-order chi connectivity index (χ0) is 19.8. The van der Waals surface area contributed by atoms with Crippen LogP contribution in [-0.2, 0) is 11.3 Å². The van der Waals surface area contributed by atoms with Gasteiger partial charge in [0.15, 0.2) is 0 Å². The number of carbonyl (C=O) groups excluding carboxylic acids is 1. The molecule has 5 heteroatoms. The molecule has 0 aliphatic heterocycles. The second-order valence-corrected chi connectivity index (χ2v) is 6.34. The lowest BCUT2D eigenvalue weighted by Gasteiger charge is -2.11. The van der Waals surface area contributed by atoms with Gasteiger partial charge in [-0.05, 0) is 12.1 Å². The molecule has 2 N–H and O–H groups in total. The van der Waals surface area contributed by atoms with E-state index in [4.69, 9.17) is 5.11 Å². The standard InChI is InChI=1S/C23H23N3O2/c1-18(28)24-14-15-26-17-25-22(20-8-3-2-4-9-20)23(26)21-12-10-19(11-13-21)7-5-6-16-27/h2-4,8-13,17,27H,6,14-16H2,1H3,(H,24,28). The van der Waals surface area contributed by atoms with Crippen molar-refractivity contribution in [1.82, 2.24) is 14.9 Å². The maximum Gasteiger partial charge on any atom is 0.216 e. The topological polar surface area (TPSA) is 67.2 Å². The molecule has 3 rings (SSSR count). The van der Waals surface area contributed by atoms with Gasteiger partial charge in [-0.3, -0.25) is 4.79 Å². The lowest BCUT2D eigenvalue weighted by atomic mass is 10.0. The molecule has 0 atom stereocenters. The highest BCUT2D eigenvalue weighted by Crippen LogP contribution is 2.31. The molecule has 1 aromatic heterocycles. The van der Waals surface area contributed by atoms with Crippen molar-refractivity contribution in [3.05, 3.63) is 66.5 Å². The fourth-order valence-corrected chi connectivity index (χ4v) is 2.95. The molecule has 0 aliphatic rings. The van der Waals surface area contributed by atoms with Crippen LogP contribution < -0.4 is 5.32 Å². The van der Waals surface area contributed by atoms with Gasteiger partial charge < -0.3 is 15.0 Å². The summed E-state index contributed by atoms with van der Waals surface area (Å²) in [6.07, 6.45) is 2.28. The van der Waals surface area contributed by atoms with Gasteiger partial charge in [-0.15, -0.1) is 0 Å². The SMILES string of the molecule is CC(=O)NCCn1cnc(-c2ccccc2)c1-c1ccc(C#CCCO)cc1. The number of nitrogens with zero attached hydrogens (tertiary/aromatic N) is 2. The van der Waals surface area contributed by atoms with Gasteiger partial charge in [0.1, 0.15) is 0 Å². The van der Waals surface area contributed by atoms with Crippen molar-refractivity contribution < 1.29 is 9.90 Å². The molecule has 0 unspecified atom stereocenters. The number of carbonyl (C=O) groups is 1. The Balaban J connectivity index is 1.95. The minimum Gasteiger partial charge on any atom is -0.395 e. The Morgan fingerprint density at radius 1 is 1.11 bits per heavy atom. The van der Waals surface area contributed by atoms with Gasteiger partial charge >= 0.3 is 0 Å². The summed E-state index contributed by atoms with van der Waals surface area (Å²) >= 11 is 0. The van der Waals surface area contributed by atoms with E-state index in [-0.39, 0.29) is 12.5 Å². The van der Waals surface area contributed by atoms with Gasteiger partial charge in [-0.25, -0.2) is 4.98 Å². The number of aliphatic hydroxyl groups excluding tert-OH is 1. The first kappa shape index (κ1) is 19.4. The summed E-state index contributed by atoms with van der Waals surface area (Å²) in [4.78, 5) is 15.8. The van der Waals surface area contributed by atoms with Gasteiger partial charge in [0.2, 0.25) is 5.91 Å². The number of aromatic nitrogens is 2. The minimum atomic E-state index is -0.0456. The van der Waals surface area contributed by atoms with E-state index in [1.165, 1.54) is 6.92 Å². The Labute approximate surface area is 165 Å². The van der Waals surface area contributed by atoms with E-state index < -0.39 is 0 Å². The van der Waals surface area contributed by atoms with Gasteiger partial charge in [0.05, 0.1) is 24.3 Å². The highest BCUT2D eigenvalue weighted by Gasteiger charge is 2.14. The monoisotopic (exact) mass is 373 g/mol. The first-order chi connectivity index (χ1) is 13.7. The molecule has 1 amide bonds. The highest BCUT2D eigenvalue weighted by atomic mass is 16.2. The molecule has 0 fully saturated rings. The van der Waals surface area contributed by atoms with Crippen molar-refractivity contribution in [3.8, 4) is 34.4 Å². The molecule has 0 aliphatic carbocycles. The fraction of sp³-hybridized carbons (Fsp3) is 0.217. The molecule has 1 heterocycles. The fourth-order valence-electron chi connectivity index (χ4n) is 2.95. The number of rotatable bonds is 6. The molecule has 0 saturated carbocycles. The molecule has 28 heavy (non-hydrogen) atoms. The van der Waals surface area contributed by atoms with Crippen LogP contribution in [0.25, 0.3) is 22.5 Å². The van der Waals surface area contributed by atoms with Gasteiger partial charge in [-0.2, -0.15) is 0 Å². The smallest absolute Gasteiger partial charge is 0.216 e. The molecule has 0 saturated heterocycles. The Morgan fingerprint density at radius 3 is 2.54 bits per heavy atom. The van der Waals surface area contributed by atoms with E-state index in [9.17, 15) is 4.79 Å². The average Bonchev–Trinajstić information content (AvgIpc) is 3.13. The summed E-state index contributed by atoms with van der Waals surface area (Å²) in [6.45, 7) is 2.75. The molecule has 3 aromatic rings. The van der Waals surface area contributed by atoms with Crippen LogP contribution in [0.4, 0.5) is 0 Å². The second-order valence-electron chi connectivity index (χ2n) is 6.34. The molecular formula is C23H23N3O2. The maximum absolute atomic E-state index is 11.2. The van der Waals surface area contributed by atoms with E-state index >= 15 is 0 Å². The van der Waals surface area contributed by atoms with E-state index in [0.29, 0.717) is 19.5 Å². The number of imidazole rings is 1. The quantitative estimate of drug-likeness (QED) is 0.653. The van der Waals surface area contributed by atoms with Crippen LogP contribution >= 0.6 is 0 Å². The molecule has 5 nitrogen and oxygen atoms in total. The molecule has 0 radical (unpaired) electrons. The molecule has 2 aromatic carbocycles. The Morgan fingerprint density at radius 2 is 1.86 bits per heavy atom. The van der Waals surface area contributed by atoms with Crippen molar-refractivity contribution in [3.63, 3.8) is 0 Å². The van der Waals surface area contributed by atoms with Crippen LogP contribution in [0.15, 0.2) is 60.9 Å². The normalized spacial score (nSPS) is 10.2. The van der Waals surface area contributed by atoms with E-state index in [1.54, 1.807) is 0 Å². The second kappa shape index (κ2) is 9.54. The van der Waals surface area contributed by atoms with Gasteiger partial charge in [-0.1, -0.05) is 54.3 Å². The Hall–Kier alpha value is -3.36. The summed E-state index contributed by atoms with van der Waals surface area (Å²) in [5, 5.41) is 11.7. The summed E-state index contributed by atoms with van der Waals surface area (Å²) in [5.74, 6) is 5.94. The summed E-state index contributed by atoms with van der Waals surface area (Å²) in [6, 6.07) is 18.1. The van der Waals surface area contributed by atoms with Crippen molar-refractivity contribution in [2.45, 2.75) is 19.9 Å². The highest BCUT2D eigenvalue weighted by molar-refractivity contribution is 5.79. The van der Waals surface area contributed by atoms with Crippen molar-refractivity contribution in [1.29, 1.82) is 0 Å². The zero-order valence-electron chi connectivity index (χ0n) is 15.9. The lowest BCUT2D eigenvalue weighted by molar-refractivity contribution is -0.118. The van der Waals surface area contributed by atoms with Crippen molar-refractivity contribution in [2.75, 3.05) is 13.2 Å². The van der Waals surface area contributed by atoms with Crippen LogP contribution in [0.1, 0.15) is 18.9 Å². The maximum atomic E-state index is 11.2. The van der Waals surface area contributed by atoms with E-state index in [1.807, 2.05) is 60.9 Å². The largest absolute Gasteiger partial charge is 0.395 e. The number of aliphatic hydroxyl groups is 1. The van der Waals surface area contributed by atoms with Crippen LogP contribution in [0, 0.1) is 11.8 Å². The Bertz CT molecular complexity index is 980. The van der Waals surface area contributed by atoms with Crippen LogP contribution in [0.2, 0.25) is 0 Å². The minimum absolute atomic E-state index is 0.0456. The molecule has 0 bridgehead atoms. The van der Waals surface area contributed by atoms with E-state index in [2.05, 4.69) is 26.7 Å². The first-order valence-electron chi connectivity index (χ1n) is 9.24. The van der Waals surface area contributed by atoms with Crippen LogP contribution in [0.5, 0.6) is 0 Å². The summed E-state index contributed by atoms with van der Waals surface area (Å²) < 4.78 is 2.06. The zero-order valence-corrected chi connectivity index (χ0v) is 15.9. The Kier molecular flexibility index (Phi) is 6.61. The third-order valence-corrected chi connectivity index (χ3v) is 4.24. The summed E-state index contributed by atoms with van der Waals surface area (Å²) in [7, 11) is 0. The number of nitrogens with one attached hydrogen (secondary N) is 1. The molecule has 142 valence electrons. The number of amides is 1. The number of hydrogen-bond donors (Lipinski definition) is 2. The van der Waals surface area contributed by atoms with Gasteiger partial charge in [0.25, 0.3) is 0 Å². The van der Waals surface area contributed by atoms with Crippen molar-refractivity contribution in [2.24, 2.45) is 0 Å². The first-order valence-corrected chi connectivity index (χ1v) is 9.24. The predicted molar refractivity (Wildman–Crippen MR) is 110 cm³/mol. The third kappa shape index (κ3) is 4.87. The summed E-state index contributed by atoms with van der Waals surface area (Å²) in [5.41, 5.74) is 4.89. The van der Waals surface area contributed by atoms with Crippen LogP contribution in [0.3, 0.4) is 0 Å². The van der Waals surface area contributed by atoms with E-state index in [0.717, 1.165) is 28.1 Å². The predicted octanol–water partition coefficient (Wildman–Crippen LogP) is 3.09. The van der Waals surface area contributed by atoms with Gasteiger partial charge in [0, 0.05) is 43.1 Å².